The molecule has 0 spiro atoms. The van der Waals surface area contributed by atoms with Crippen LogP contribution in [0.4, 0.5) is 19.3 Å². The van der Waals surface area contributed by atoms with Crippen LogP contribution in [-0.4, -0.2) is 42.6 Å². The lowest BCUT2D eigenvalue weighted by atomic mass is 10.0. The Bertz CT molecular complexity index is 601. The highest BCUT2D eigenvalue weighted by Crippen LogP contribution is 2.39. The van der Waals surface area contributed by atoms with E-state index in [1.165, 1.54) is 4.90 Å². The zero-order valence-corrected chi connectivity index (χ0v) is 13.9. The molecule has 0 bridgehead atoms. The van der Waals surface area contributed by atoms with Gasteiger partial charge in [0.05, 0.1) is 25.3 Å². The third-order valence-electron chi connectivity index (χ3n) is 3.94. The number of benzene rings is 1. The fourth-order valence-electron chi connectivity index (χ4n) is 2.63. The Labute approximate surface area is 136 Å². The summed E-state index contributed by atoms with van der Waals surface area (Å²) in [6.07, 6.45) is -0.160. The van der Waals surface area contributed by atoms with Crippen molar-refractivity contribution in [3.8, 4) is 5.75 Å². The van der Waals surface area contributed by atoms with E-state index in [4.69, 9.17) is 4.74 Å². The number of fused-ring (bicyclic) bond motifs is 1. The van der Waals surface area contributed by atoms with Gasteiger partial charge in [-0.3, -0.25) is 4.90 Å². The molecule has 120 valence electrons. The van der Waals surface area contributed by atoms with Gasteiger partial charge in [-0.15, -0.1) is 0 Å². The van der Waals surface area contributed by atoms with Gasteiger partial charge in [0.2, 0.25) is 0 Å². The molecule has 0 radical (unpaired) electrons. The van der Waals surface area contributed by atoms with Crippen LogP contribution in [0.3, 0.4) is 0 Å². The fraction of sp³-hybridized carbons (Fsp3) is 0.533. The van der Waals surface area contributed by atoms with Gasteiger partial charge in [0.15, 0.2) is 0 Å². The molecule has 2 heterocycles. The molecule has 2 amide bonds. The van der Waals surface area contributed by atoms with Gasteiger partial charge in [-0.25, -0.2) is 13.6 Å². The van der Waals surface area contributed by atoms with E-state index in [0.29, 0.717) is 18.0 Å². The zero-order chi connectivity index (χ0) is 16.1. The van der Waals surface area contributed by atoms with E-state index in [9.17, 15) is 13.6 Å². The molecule has 4 nitrogen and oxygen atoms in total. The maximum absolute atomic E-state index is 13.0. The van der Waals surface area contributed by atoms with Crippen molar-refractivity contribution in [3.05, 3.63) is 22.7 Å². The Morgan fingerprint density at radius 2 is 2.09 bits per heavy atom. The maximum atomic E-state index is 13.0. The third kappa shape index (κ3) is 2.78. The average molecular weight is 375 g/mol. The number of likely N-dealkylation sites (tertiary alicyclic amines) is 1. The van der Waals surface area contributed by atoms with Crippen molar-refractivity contribution in [2.45, 2.75) is 25.9 Å². The van der Waals surface area contributed by atoms with E-state index >= 15 is 0 Å². The number of rotatable bonds is 1. The minimum absolute atomic E-state index is 0.160. The summed E-state index contributed by atoms with van der Waals surface area (Å²) in [5, 5.41) is 0. The molecule has 1 atom stereocenters. The second-order valence-corrected chi connectivity index (χ2v) is 7.03. The van der Waals surface area contributed by atoms with Gasteiger partial charge in [0, 0.05) is 4.47 Å². The monoisotopic (exact) mass is 374 g/mol. The van der Waals surface area contributed by atoms with Gasteiger partial charge in [-0.2, -0.15) is 0 Å². The normalized spacial score (nSPS) is 22.9. The number of hydrogen-bond acceptors (Lipinski definition) is 2. The molecular weight excluding hydrogens is 358 g/mol. The highest BCUT2D eigenvalue weighted by Gasteiger charge is 2.48. The van der Waals surface area contributed by atoms with Crippen LogP contribution in [0.1, 0.15) is 13.8 Å². The molecule has 22 heavy (non-hydrogen) atoms. The highest BCUT2D eigenvalue weighted by molar-refractivity contribution is 9.10. The van der Waals surface area contributed by atoms with Gasteiger partial charge < -0.3 is 9.64 Å². The van der Waals surface area contributed by atoms with E-state index in [-0.39, 0.29) is 18.1 Å². The van der Waals surface area contributed by atoms with Crippen LogP contribution >= 0.6 is 15.9 Å². The van der Waals surface area contributed by atoms with E-state index in [0.717, 1.165) is 4.47 Å². The number of carbonyl (C=O) groups is 1. The van der Waals surface area contributed by atoms with Crippen molar-refractivity contribution in [2.75, 3.05) is 24.5 Å². The summed E-state index contributed by atoms with van der Waals surface area (Å²) >= 11 is 3.38. The second kappa shape index (κ2) is 5.37. The van der Waals surface area contributed by atoms with Crippen molar-refractivity contribution >= 4 is 27.6 Å². The Kier molecular flexibility index (Phi) is 3.79. The predicted molar refractivity (Wildman–Crippen MR) is 82.7 cm³/mol. The van der Waals surface area contributed by atoms with Crippen LogP contribution in [0.25, 0.3) is 0 Å². The Morgan fingerprint density at radius 1 is 1.41 bits per heavy atom. The lowest BCUT2D eigenvalue weighted by Crippen LogP contribution is -2.63. The molecule has 1 unspecified atom stereocenters. The quantitative estimate of drug-likeness (QED) is 0.749. The van der Waals surface area contributed by atoms with Gasteiger partial charge in [0.1, 0.15) is 11.9 Å². The summed E-state index contributed by atoms with van der Waals surface area (Å²) in [6.45, 7) is 3.36. The number of hydrogen-bond donors (Lipinski definition) is 0. The number of carbonyl (C=O) groups excluding carboxylic acids is 1. The van der Waals surface area contributed by atoms with E-state index in [2.05, 4.69) is 15.9 Å². The molecule has 2 aliphatic heterocycles. The minimum Gasteiger partial charge on any atom is -0.486 e. The summed E-state index contributed by atoms with van der Waals surface area (Å²) < 4.78 is 32.8. The molecule has 1 fully saturated rings. The van der Waals surface area contributed by atoms with Crippen molar-refractivity contribution in [3.63, 3.8) is 0 Å². The number of amides is 2. The molecule has 7 heteroatoms. The number of halogens is 3. The van der Waals surface area contributed by atoms with Crippen LogP contribution in [0, 0.1) is 5.92 Å². The Hall–Kier alpha value is -1.37. The molecule has 0 aromatic heterocycles. The SMILES string of the molecule is CC(C)C1CN(C(=O)N2CC(F)(F)C2)c2ccc(Br)cc2O1. The molecule has 1 saturated heterocycles. The number of urea groups is 1. The first-order valence-electron chi connectivity index (χ1n) is 7.17. The van der Waals surface area contributed by atoms with Crippen molar-refractivity contribution < 1.29 is 18.3 Å². The van der Waals surface area contributed by atoms with Crippen LogP contribution < -0.4 is 9.64 Å². The van der Waals surface area contributed by atoms with Crippen molar-refractivity contribution in [1.82, 2.24) is 4.90 Å². The number of alkyl halides is 2. The molecule has 3 rings (SSSR count). The largest absolute Gasteiger partial charge is 0.486 e. The Balaban J connectivity index is 1.88. The van der Waals surface area contributed by atoms with E-state index < -0.39 is 19.0 Å². The van der Waals surface area contributed by atoms with Crippen molar-refractivity contribution in [1.29, 1.82) is 0 Å². The standard InChI is InChI=1S/C15H17BrF2N2O2/c1-9(2)13-6-20(14(21)19-7-15(17,18)8-19)11-4-3-10(16)5-12(11)22-13/h3-5,9,13H,6-8H2,1-2H3. The van der Waals surface area contributed by atoms with Crippen LogP contribution in [-0.2, 0) is 0 Å². The molecule has 0 aliphatic carbocycles. The summed E-state index contributed by atoms with van der Waals surface area (Å²) in [4.78, 5) is 15.3. The van der Waals surface area contributed by atoms with E-state index in [1.54, 1.807) is 17.0 Å². The zero-order valence-electron chi connectivity index (χ0n) is 12.4. The second-order valence-electron chi connectivity index (χ2n) is 6.12. The molecule has 1 aromatic rings. The summed E-state index contributed by atoms with van der Waals surface area (Å²) in [6, 6.07) is 4.99. The third-order valence-corrected chi connectivity index (χ3v) is 4.44. The summed E-state index contributed by atoms with van der Waals surface area (Å²) in [5.74, 6) is -1.96. The van der Waals surface area contributed by atoms with Gasteiger partial charge in [-0.05, 0) is 24.1 Å². The lowest BCUT2D eigenvalue weighted by molar-refractivity contribution is -0.108. The van der Waals surface area contributed by atoms with Gasteiger partial charge in [-0.1, -0.05) is 29.8 Å². The van der Waals surface area contributed by atoms with Crippen LogP contribution in [0.5, 0.6) is 5.75 Å². The molecular formula is C15H17BrF2N2O2. The topological polar surface area (TPSA) is 32.8 Å². The van der Waals surface area contributed by atoms with Crippen LogP contribution in [0.15, 0.2) is 22.7 Å². The number of anilines is 1. The molecule has 2 aliphatic rings. The van der Waals surface area contributed by atoms with Gasteiger partial charge in [0.25, 0.3) is 5.92 Å². The number of nitrogens with zero attached hydrogens (tertiary/aromatic N) is 2. The molecule has 1 aromatic carbocycles. The molecule has 0 N–H and O–H groups in total. The minimum atomic E-state index is -2.76. The molecule has 0 saturated carbocycles. The number of ether oxygens (including phenoxy) is 1. The first-order valence-corrected chi connectivity index (χ1v) is 7.96. The smallest absolute Gasteiger partial charge is 0.325 e. The van der Waals surface area contributed by atoms with E-state index in [1.807, 2.05) is 19.9 Å². The summed E-state index contributed by atoms with van der Waals surface area (Å²) in [5.41, 5.74) is 0.625. The Morgan fingerprint density at radius 3 is 2.68 bits per heavy atom. The summed E-state index contributed by atoms with van der Waals surface area (Å²) in [7, 11) is 0. The van der Waals surface area contributed by atoms with Crippen molar-refractivity contribution in [2.24, 2.45) is 5.92 Å². The first kappa shape index (κ1) is 15.5. The van der Waals surface area contributed by atoms with Crippen LogP contribution in [0.2, 0.25) is 0 Å². The predicted octanol–water partition coefficient (Wildman–Crippen LogP) is 3.74. The highest BCUT2D eigenvalue weighted by atomic mass is 79.9. The maximum Gasteiger partial charge on any atom is 0.325 e. The fourth-order valence-corrected chi connectivity index (χ4v) is 2.97. The van der Waals surface area contributed by atoms with Gasteiger partial charge >= 0.3 is 6.03 Å². The average Bonchev–Trinajstić information content (AvgIpc) is 2.42. The first-order chi connectivity index (χ1) is 10.3. The lowest BCUT2D eigenvalue weighted by Gasteiger charge is -2.44.